The third-order valence-corrected chi connectivity index (χ3v) is 5.36. The lowest BCUT2D eigenvalue weighted by Gasteiger charge is -2.19. The van der Waals surface area contributed by atoms with Gasteiger partial charge in [0.15, 0.2) is 5.13 Å². The Labute approximate surface area is 131 Å². The summed E-state index contributed by atoms with van der Waals surface area (Å²) in [7, 11) is 2.15. The zero-order chi connectivity index (χ0) is 14.8. The summed E-state index contributed by atoms with van der Waals surface area (Å²) in [6, 6.07) is 0.521. The van der Waals surface area contributed by atoms with Gasteiger partial charge >= 0.3 is 0 Å². The van der Waals surface area contributed by atoms with Gasteiger partial charge in [0.05, 0.1) is 11.8 Å². The fourth-order valence-electron chi connectivity index (χ4n) is 2.79. The van der Waals surface area contributed by atoms with Gasteiger partial charge in [-0.25, -0.2) is 4.98 Å². The van der Waals surface area contributed by atoms with Crippen molar-refractivity contribution < 1.29 is 4.74 Å². The first-order valence-electron chi connectivity index (χ1n) is 8.19. The van der Waals surface area contributed by atoms with Gasteiger partial charge in [-0.15, -0.1) is 11.3 Å². The molecular weight excluding hydrogens is 282 g/mol. The maximum absolute atomic E-state index is 5.74. The van der Waals surface area contributed by atoms with Gasteiger partial charge in [-0.1, -0.05) is 13.8 Å². The van der Waals surface area contributed by atoms with E-state index in [0.29, 0.717) is 12.1 Å². The maximum atomic E-state index is 5.74. The molecule has 1 aromatic rings. The van der Waals surface area contributed by atoms with Gasteiger partial charge < -0.3 is 15.0 Å². The van der Waals surface area contributed by atoms with Gasteiger partial charge in [-0.3, -0.25) is 0 Å². The van der Waals surface area contributed by atoms with Crippen LogP contribution in [0.15, 0.2) is 0 Å². The summed E-state index contributed by atoms with van der Waals surface area (Å²) in [4.78, 5) is 8.66. The molecule has 1 aliphatic heterocycles. The third kappa shape index (κ3) is 3.96. The number of thiazole rings is 1. The normalized spacial score (nSPS) is 22.2. The van der Waals surface area contributed by atoms with Gasteiger partial charge in [-0.05, 0) is 25.7 Å². The molecule has 1 saturated heterocycles. The molecule has 1 N–H and O–H groups in total. The fraction of sp³-hybridized carbons (Fsp3) is 0.812. The van der Waals surface area contributed by atoms with Crippen molar-refractivity contribution in [1.82, 2.24) is 10.3 Å². The van der Waals surface area contributed by atoms with Gasteiger partial charge in [0.2, 0.25) is 0 Å². The van der Waals surface area contributed by atoms with Crippen molar-refractivity contribution in [2.24, 2.45) is 0 Å². The second-order valence-corrected chi connectivity index (χ2v) is 7.69. The van der Waals surface area contributed by atoms with E-state index >= 15 is 0 Å². The lowest BCUT2D eigenvalue weighted by Crippen LogP contribution is -2.28. The van der Waals surface area contributed by atoms with Crippen LogP contribution in [0, 0.1) is 0 Å². The Morgan fingerprint density at radius 2 is 2.19 bits per heavy atom. The quantitative estimate of drug-likeness (QED) is 0.839. The fourth-order valence-corrected chi connectivity index (χ4v) is 3.85. The van der Waals surface area contributed by atoms with E-state index in [1.807, 2.05) is 11.3 Å². The maximum Gasteiger partial charge on any atom is 0.185 e. The number of aromatic nitrogens is 1. The van der Waals surface area contributed by atoms with E-state index in [0.717, 1.165) is 30.7 Å². The predicted molar refractivity (Wildman–Crippen MR) is 88.3 cm³/mol. The van der Waals surface area contributed by atoms with Crippen molar-refractivity contribution in [3.8, 4) is 0 Å². The van der Waals surface area contributed by atoms with Crippen LogP contribution >= 0.6 is 11.3 Å². The standard InChI is InChI=1S/C16H27N3OS/c1-11(2)17-9-14-15(12-6-7-12)18-16(21-14)19(3)10-13-5-4-8-20-13/h11-13,17H,4-10H2,1-3H3. The minimum absolute atomic E-state index is 0.389. The van der Waals surface area contributed by atoms with Crippen LogP contribution in [-0.4, -0.2) is 37.3 Å². The molecule has 3 rings (SSSR count). The first-order chi connectivity index (χ1) is 10.1. The zero-order valence-corrected chi connectivity index (χ0v) is 14.2. The Balaban J connectivity index is 1.67. The average Bonchev–Trinajstić information content (AvgIpc) is 2.99. The molecule has 21 heavy (non-hydrogen) atoms. The van der Waals surface area contributed by atoms with E-state index in [-0.39, 0.29) is 0 Å². The Hall–Kier alpha value is -0.650. The van der Waals surface area contributed by atoms with E-state index in [1.165, 1.54) is 36.3 Å². The minimum atomic E-state index is 0.389. The summed E-state index contributed by atoms with van der Waals surface area (Å²) >= 11 is 1.86. The van der Waals surface area contributed by atoms with E-state index < -0.39 is 0 Å². The third-order valence-electron chi connectivity index (χ3n) is 4.18. The average molecular weight is 309 g/mol. The topological polar surface area (TPSA) is 37.4 Å². The minimum Gasteiger partial charge on any atom is -0.376 e. The summed E-state index contributed by atoms with van der Waals surface area (Å²) in [5.41, 5.74) is 1.35. The predicted octanol–water partition coefficient (Wildman–Crippen LogP) is 3.13. The molecule has 0 aromatic carbocycles. The number of hydrogen-bond acceptors (Lipinski definition) is 5. The van der Waals surface area contributed by atoms with Crippen molar-refractivity contribution in [1.29, 1.82) is 0 Å². The van der Waals surface area contributed by atoms with Gasteiger partial charge in [0, 0.05) is 43.6 Å². The van der Waals surface area contributed by atoms with Crippen LogP contribution in [0.4, 0.5) is 5.13 Å². The molecule has 0 bridgehead atoms. The summed E-state index contributed by atoms with van der Waals surface area (Å²) in [6.07, 6.45) is 5.40. The summed E-state index contributed by atoms with van der Waals surface area (Å²) in [6.45, 7) is 7.24. The first-order valence-corrected chi connectivity index (χ1v) is 9.01. The van der Waals surface area contributed by atoms with Crippen molar-refractivity contribution in [3.05, 3.63) is 10.6 Å². The molecule has 0 amide bonds. The van der Waals surface area contributed by atoms with Crippen molar-refractivity contribution >= 4 is 16.5 Å². The van der Waals surface area contributed by atoms with E-state index in [2.05, 4.69) is 31.1 Å². The highest BCUT2D eigenvalue weighted by atomic mass is 32.1. The largest absolute Gasteiger partial charge is 0.376 e. The number of likely N-dealkylation sites (N-methyl/N-ethyl adjacent to an activating group) is 1. The lowest BCUT2D eigenvalue weighted by molar-refractivity contribution is 0.116. The highest BCUT2D eigenvalue weighted by molar-refractivity contribution is 7.15. The molecule has 1 unspecified atom stereocenters. The van der Waals surface area contributed by atoms with E-state index in [9.17, 15) is 0 Å². The summed E-state index contributed by atoms with van der Waals surface area (Å²) < 4.78 is 5.74. The molecule has 4 nitrogen and oxygen atoms in total. The highest BCUT2D eigenvalue weighted by Crippen LogP contribution is 2.44. The van der Waals surface area contributed by atoms with Gasteiger partial charge in [0.25, 0.3) is 0 Å². The van der Waals surface area contributed by atoms with E-state index in [1.54, 1.807) is 0 Å². The Bertz CT molecular complexity index is 464. The number of nitrogens with one attached hydrogen (secondary N) is 1. The number of anilines is 1. The monoisotopic (exact) mass is 309 g/mol. The number of ether oxygens (including phenoxy) is 1. The molecule has 1 aromatic heterocycles. The summed E-state index contributed by atoms with van der Waals surface area (Å²) in [5.74, 6) is 0.718. The zero-order valence-electron chi connectivity index (χ0n) is 13.4. The van der Waals surface area contributed by atoms with Crippen LogP contribution in [0.5, 0.6) is 0 Å². The smallest absolute Gasteiger partial charge is 0.185 e. The van der Waals surface area contributed by atoms with Crippen LogP contribution < -0.4 is 10.2 Å². The van der Waals surface area contributed by atoms with Crippen LogP contribution in [0.1, 0.15) is 56.0 Å². The Kier molecular flexibility index (Phi) is 4.82. The lowest BCUT2D eigenvalue weighted by atomic mass is 10.2. The van der Waals surface area contributed by atoms with Crippen molar-refractivity contribution in [2.45, 2.75) is 64.1 Å². The molecule has 0 spiro atoms. The molecule has 2 heterocycles. The van der Waals surface area contributed by atoms with Gasteiger partial charge in [-0.2, -0.15) is 0 Å². The molecule has 0 radical (unpaired) electrons. The summed E-state index contributed by atoms with van der Waals surface area (Å²) in [5, 5.41) is 4.70. The van der Waals surface area contributed by atoms with Gasteiger partial charge in [0.1, 0.15) is 0 Å². The van der Waals surface area contributed by atoms with Crippen LogP contribution in [0.3, 0.4) is 0 Å². The molecule has 2 fully saturated rings. The molecule has 1 aliphatic carbocycles. The number of rotatable bonds is 7. The molecule has 5 heteroatoms. The second kappa shape index (κ2) is 6.63. The highest BCUT2D eigenvalue weighted by Gasteiger charge is 2.30. The Morgan fingerprint density at radius 3 is 2.81 bits per heavy atom. The van der Waals surface area contributed by atoms with Crippen molar-refractivity contribution in [3.63, 3.8) is 0 Å². The van der Waals surface area contributed by atoms with Crippen molar-refractivity contribution in [2.75, 3.05) is 25.1 Å². The molecule has 1 saturated carbocycles. The molecule has 118 valence electrons. The number of nitrogens with zero attached hydrogens (tertiary/aromatic N) is 2. The number of hydrogen-bond donors (Lipinski definition) is 1. The SMILES string of the molecule is CC(C)NCc1sc(N(C)CC2CCCO2)nc1C1CC1. The van der Waals surface area contributed by atoms with Crippen LogP contribution in [0.25, 0.3) is 0 Å². The molecule has 1 atom stereocenters. The van der Waals surface area contributed by atoms with Crippen LogP contribution in [0.2, 0.25) is 0 Å². The molecular formula is C16H27N3OS. The first kappa shape index (κ1) is 15.3. The Morgan fingerprint density at radius 1 is 1.38 bits per heavy atom. The molecule has 2 aliphatic rings. The second-order valence-electron chi connectivity index (χ2n) is 6.63. The van der Waals surface area contributed by atoms with E-state index in [4.69, 9.17) is 9.72 Å². The van der Waals surface area contributed by atoms with Crippen LogP contribution in [-0.2, 0) is 11.3 Å².